The van der Waals surface area contributed by atoms with E-state index in [2.05, 4.69) is 17.2 Å². The second-order valence-electron chi connectivity index (χ2n) is 5.23. The highest BCUT2D eigenvalue weighted by molar-refractivity contribution is 5.95. The number of pyridine rings is 1. The molecule has 1 N–H and O–H groups in total. The fourth-order valence-electron chi connectivity index (χ4n) is 2.66. The van der Waals surface area contributed by atoms with Gasteiger partial charge >= 0.3 is 0 Å². The number of hydrogen-bond acceptors (Lipinski definition) is 3. The van der Waals surface area contributed by atoms with Gasteiger partial charge in [-0.15, -0.1) is 24.8 Å². The van der Waals surface area contributed by atoms with E-state index in [0.29, 0.717) is 6.04 Å². The van der Waals surface area contributed by atoms with E-state index < -0.39 is 0 Å². The van der Waals surface area contributed by atoms with Crippen molar-refractivity contribution >= 4 is 30.7 Å². The fraction of sp³-hybridized carbons (Fsp3) is 0.600. The van der Waals surface area contributed by atoms with Crippen LogP contribution in [0.5, 0.6) is 0 Å². The van der Waals surface area contributed by atoms with E-state index >= 15 is 0 Å². The maximum atomic E-state index is 12.7. The third-order valence-electron chi connectivity index (χ3n) is 3.66. The summed E-state index contributed by atoms with van der Waals surface area (Å²) in [6.45, 7) is 8.71. The van der Waals surface area contributed by atoms with Crippen molar-refractivity contribution in [2.24, 2.45) is 0 Å². The van der Waals surface area contributed by atoms with Gasteiger partial charge in [-0.2, -0.15) is 0 Å². The molecule has 2 rings (SSSR count). The van der Waals surface area contributed by atoms with Gasteiger partial charge in [0.1, 0.15) is 0 Å². The standard InChI is InChI=1S/C15H23N3O.2ClH/c1-4-9-18(13-7-8-16-10-13)15(19)14-6-5-11(2)17-12(14)3;;/h5-6,13,16H,4,7-10H2,1-3H3;2*1H. The van der Waals surface area contributed by atoms with E-state index in [1.807, 2.05) is 30.9 Å². The van der Waals surface area contributed by atoms with Crippen LogP contribution in [0, 0.1) is 13.8 Å². The van der Waals surface area contributed by atoms with Gasteiger partial charge in [0.2, 0.25) is 0 Å². The molecule has 0 saturated carbocycles. The largest absolute Gasteiger partial charge is 0.334 e. The maximum Gasteiger partial charge on any atom is 0.255 e. The third kappa shape index (κ3) is 4.83. The molecular formula is C15H25Cl2N3O. The topological polar surface area (TPSA) is 45.2 Å². The number of nitrogens with zero attached hydrogens (tertiary/aromatic N) is 2. The zero-order valence-corrected chi connectivity index (χ0v) is 14.5. The molecule has 1 aromatic rings. The van der Waals surface area contributed by atoms with Gasteiger partial charge in [0, 0.05) is 24.8 Å². The van der Waals surface area contributed by atoms with E-state index in [0.717, 1.165) is 49.4 Å². The molecule has 0 radical (unpaired) electrons. The summed E-state index contributed by atoms with van der Waals surface area (Å²) in [5, 5.41) is 3.33. The van der Waals surface area contributed by atoms with Gasteiger partial charge in [0.15, 0.2) is 0 Å². The number of rotatable bonds is 4. The monoisotopic (exact) mass is 333 g/mol. The van der Waals surface area contributed by atoms with Crippen LogP contribution in [0.4, 0.5) is 0 Å². The first-order chi connectivity index (χ1) is 9.13. The van der Waals surface area contributed by atoms with E-state index in [1.165, 1.54) is 0 Å². The Balaban J connectivity index is 0.00000200. The molecule has 1 unspecified atom stereocenters. The van der Waals surface area contributed by atoms with Crippen LogP contribution in [0.1, 0.15) is 41.5 Å². The highest BCUT2D eigenvalue weighted by Crippen LogP contribution is 2.16. The molecule has 0 aliphatic carbocycles. The van der Waals surface area contributed by atoms with E-state index in [-0.39, 0.29) is 30.7 Å². The zero-order chi connectivity index (χ0) is 13.8. The van der Waals surface area contributed by atoms with Crippen molar-refractivity contribution in [3.63, 3.8) is 0 Å². The molecule has 1 saturated heterocycles. The van der Waals surface area contributed by atoms with Crippen LogP contribution in [0.25, 0.3) is 0 Å². The molecule has 1 aromatic heterocycles. The number of hydrogen-bond donors (Lipinski definition) is 1. The Labute approximate surface area is 139 Å². The van der Waals surface area contributed by atoms with E-state index in [1.54, 1.807) is 0 Å². The van der Waals surface area contributed by atoms with E-state index in [9.17, 15) is 4.79 Å². The van der Waals surface area contributed by atoms with Crippen molar-refractivity contribution in [1.29, 1.82) is 0 Å². The number of aromatic nitrogens is 1. The van der Waals surface area contributed by atoms with E-state index in [4.69, 9.17) is 0 Å². The predicted molar refractivity (Wildman–Crippen MR) is 90.8 cm³/mol. The molecule has 0 aromatic carbocycles. The van der Waals surface area contributed by atoms with Gasteiger partial charge in [0.25, 0.3) is 5.91 Å². The molecule has 1 atom stereocenters. The fourth-order valence-corrected chi connectivity index (χ4v) is 2.66. The smallest absolute Gasteiger partial charge is 0.255 e. The first-order valence-electron chi connectivity index (χ1n) is 7.09. The minimum Gasteiger partial charge on any atom is -0.334 e. The van der Waals surface area contributed by atoms with Crippen LogP contribution in [0.15, 0.2) is 12.1 Å². The average molecular weight is 334 g/mol. The molecule has 1 aliphatic rings. The van der Waals surface area contributed by atoms with Crippen LogP contribution in [0.2, 0.25) is 0 Å². The molecule has 2 heterocycles. The Morgan fingerprint density at radius 2 is 2.10 bits per heavy atom. The summed E-state index contributed by atoms with van der Waals surface area (Å²) in [6, 6.07) is 4.15. The lowest BCUT2D eigenvalue weighted by Crippen LogP contribution is -2.42. The van der Waals surface area contributed by atoms with Crippen LogP contribution >= 0.6 is 24.8 Å². The Morgan fingerprint density at radius 1 is 1.38 bits per heavy atom. The quantitative estimate of drug-likeness (QED) is 0.921. The first kappa shape index (κ1) is 20.2. The number of carbonyl (C=O) groups is 1. The second kappa shape index (κ2) is 9.23. The summed E-state index contributed by atoms with van der Waals surface area (Å²) in [7, 11) is 0. The summed E-state index contributed by atoms with van der Waals surface area (Å²) in [4.78, 5) is 19.1. The van der Waals surface area contributed by atoms with Gasteiger partial charge in [0.05, 0.1) is 11.3 Å². The lowest BCUT2D eigenvalue weighted by atomic mass is 10.1. The molecule has 6 heteroatoms. The van der Waals surface area contributed by atoms with Gasteiger partial charge in [-0.25, -0.2) is 0 Å². The van der Waals surface area contributed by atoms with Crippen molar-refractivity contribution in [2.45, 2.75) is 39.7 Å². The molecular weight excluding hydrogens is 309 g/mol. The van der Waals surface area contributed by atoms with Crippen molar-refractivity contribution < 1.29 is 4.79 Å². The molecule has 1 aliphatic heterocycles. The molecule has 1 fully saturated rings. The minimum absolute atomic E-state index is 0. The van der Waals surface area contributed by atoms with Crippen LogP contribution in [-0.2, 0) is 0 Å². The normalized spacial score (nSPS) is 16.8. The molecule has 0 bridgehead atoms. The van der Waals surface area contributed by atoms with Crippen LogP contribution < -0.4 is 5.32 Å². The number of carbonyl (C=O) groups excluding carboxylic acids is 1. The average Bonchev–Trinajstić information content (AvgIpc) is 2.89. The summed E-state index contributed by atoms with van der Waals surface area (Å²) >= 11 is 0. The number of halogens is 2. The molecule has 120 valence electrons. The third-order valence-corrected chi connectivity index (χ3v) is 3.66. The second-order valence-corrected chi connectivity index (χ2v) is 5.23. The number of amides is 1. The molecule has 21 heavy (non-hydrogen) atoms. The van der Waals surface area contributed by atoms with Crippen molar-refractivity contribution in [1.82, 2.24) is 15.2 Å². The van der Waals surface area contributed by atoms with Crippen molar-refractivity contribution in [3.8, 4) is 0 Å². The summed E-state index contributed by atoms with van der Waals surface area (Å²) in [5.41, 5.74) is 2.53. The number of aryl methyl sites for hydroxylation is 2. The van der Waals surface area contributed by atoms with Crippen LogP contribution in [-0.4, -0.2) is 41.5 Å². The summed E-state index contributed by atoms with van der Waals surface area (Å²) in [5.74, 6) is 0.126. The highest BCUT2D eigenvalue weighted by atomic mass is 35.5. The highest BCUT2D eigenvalue weighted by Gasteiger charge is 2.27. The number of nitrogens with one attached hydrogen (secondary N) is 1. The van der Waals surface area contributed by atoms with Gasteiger partial charge in [-0.1, -0.05) is 6.92 Å². The van der Waals surface area contributed by atoms with Gasteiger partial charge < -0.3 is 10.2 Å². The molecule has 4 nitrogen and oxygen atoms in total. The lowest BCUT2D eigenvalue weighted by molar-refractivity contribution is 0.0691. The minimum atomic E-state index is 0. The zero-order valence-electron chi connectivity index (χ0n) is 12.9. The SMILES string of the molecule is CCCN(C(=O)c1ccc(C)nc1C)C1CCNC1.Cl.Cl. The Morgan fingerprint density at radius 3 is 2.62 bits per heavy atom. The molecule has 0 spiro atoms. The maximum absolute atomic E-state index is 12.7. The lowest BCUT2D eigenvalue weighted by Gasteiger charge is -2.28. The predicted octanol–water partition coefficient (Wildman–Crippen LogP) is 2.76. The summed E-state index contributed by atoms with van der Waals surface area (Å²) in [6.07, 6.45) is 2.03. The first-order valence-corrected chi connectivity index (χ1v) is 7.09. The van der Waals surface area contributed by atoms with Gasteiger partial charge in [-0.05, 0) is 45.4 Å². The van der Waals surface area contributed by atoms with Gasteiger partial charge in [-0.3, -0.25) is 9.78 Å². The summed E-state index contributed by atoms with van der Waals surface area (Å²) < 4.78 is 0. The van der Waals surface area contributed by atoms with Crippen molar-refractivity contribution in [3.05, 3.63) is 29.1 Å². The Bertz CT molecular complexity index is 462. The Kier molecular flexibility index (Phi) is 8.86. The van der Waals surface area contributed by atoms with Crippen molar-refractivity contribution in [2.75, 3.05) is 19.6 Å². The Hall–Kier alpha value is -0.840. The molecule has 1 amide bonds. The van der Waals surface area contributed by atoms with Crippen LogP contribution in [0.3, 0.4) is 0 Å².